The molecular formula is C13H18ClF2NO3. The maximum absolute atomic E-state index is 13.5. The Hall–Kier alpha value is -1.24. The van der Waals surface area contributed by atoms with Gasteiger partial charge >= 0.3 is 11.9 Å². The van der Waals surface area contributed by atoms with Gasteiger partial charge in [-0.2, -0.15) is 8.78 Å². The number of aliphatic hydroxyl groups is 1. The lowest BCUT2D eigenvalue weighted by atomic mass is 9.98. The van der Waals surface area contributed by atoms with E-state index in [9.17, 15) is 18.7 Å². The number of carbonyl (C=O) groups excluding carboxylic acids is 1. The Labute approximate surface area is 122 Å². The fourth-order valence-corrected chi connectivity index (χ4v) is 1.61. The molecule has 0 aliphatic carbocycles. The predicted octanol–water partition coefficient (Wildman–Crippen LogP) is 1.54. The molecule has 0 saturated carbocycles. The topological polar surface area (TPSA) is 72.5 Å². The molecule has 0 saturated heterocycles. The second-order valence-corrected chi connectivity index (χ2v) is 4.14. The Morgan fingerprint density at radius 2 is 1.95 bits per heavy atom. The standard InChI is InChI=1S/C13H17F2NO3.ClH/c1-2-19-12(18)13(14,15)11(17)10(16)8-9-6-4-3-5-7-9;/h3-7,10-11,17H,2,8,16H2,1H3;1H. The lowest BCUT2D eigenvalue weighted by Gasteiger charge is -2.25. The zero-order valence-corrected chi connectivity index (χ0v) is 11.8. The number of aliphatic hydroxyl groups excluding tert-OH is 1. The lowest BCUT2D eigenvalue weighted by Crippen LogP contribution is -2.53. The van der Waals surface area contributed by atoms with Gasteiger partial charge in [0, 0.05) is 6.04 Å². The van der Waals surface area contributed by atoms with Crippen molar-refractivity contribution in [1.29, 1.82) is 0 Å². The molecule has 1 aromatic carbocycles. The first-order valence-corrected chi connectivity index (χ1v) is 5.92. The van der Waals surface area contributed by atoms with Crippen LogP contribution in [0.4, 0.5) is 8.78 Å². The third-order valence-electron chi connectivity index (χ3n) is 2.64. The Kier molecular flexibility index (Phi) is 7.63. The van der Waals surface area contributed by atoms with E-state index in [1.807, 2.05) is 0 Å². The number of hydrogen-bond acceptors (Lipinski definition) is 4. The molecular weight excluding hydrogens is 292 g/mol. The van der Waals surface area contributed by atoms with Crippen LogP contribution >= 0.6 is 12.4 Å². The highest BCUT2D eigenvalue weighted by Gasteiger charge is 2.50. The Bertz CT molecular complexity index is 417. The number of carbonyl (C=O) groups is 1. The quantitative estimate of drug-likeness (QED) is 0.782. The van der Waals surface area contributed by atoms with E-state index in [4.69, 9.17) is 5.73 Å². The lowest BCUT2D eigenvalue weighted by molar-refractivity contribution is -0.190. The molecule has 0 aliphatic heterocycles. The largest absolute Gasteiger partial charge is 0.461 e. The molecule has 0 heterocycles. The molecule has 0 fully saturated rings. The molecule has 1 aromatic rings. The van der Waals surface area contributed by atoms with Gasteiger partial charge < -0.3 is 15.6 Å². The van der Waals surface area contributed by atoms with Crippen LogP contribution in [0.1, 0.15) is 12.5 Å². The number of ether oxygens (including phenoxy) is 1. The van der Waals surface area contributed by atoms with Crippen molar-refractivity contribution < 1.29 is 23.4 Å². The molecule has 114 valence electrons. The Morgan fingerprint density at radius 3 is 2.45 bits per heavy atom. The third kappa shape index (κ3) is 4.70. The van der Waals surface area contributed by atoms with Crippen LogP contribution in [-0.2, 0) is 16.0 Å². The summed E-state index contributed by atoms with van der Waals surface area (Å²) in [6, 6.07) is 7.39. The number of benzene rings is 1. The zero-order chi connectivity index (χ0) is 14.5. The summed E-state index contributed by atoms with van der Waals surface area (Å²) in [5, 5.41) is 9.53. The van der Waals surface area contributed by atoms with Crippen LogP contribution in [0.15, 0.2) is 30.3 Å². The first-order valence-electron chi connectivity index (χ1n) is 5.92. The summed E-state index contributed by atoms with van der Waals surface area (Å²) in [5.41, 5.74) is 6.23. The average Bonchev–Trinajstić information content (AvgIpc) is 2.39. The number of esters is 1. The third-order valence-corrected chi connectivity index (χ3v) is 2.64. The number of hydrogen-bond donors (Lipinski definition) is 2. The highest BCUT2D eigenvalue weighted by Crippen LogP contribution is 2.23. The van der Waals surface area contributed by atoms with Gasteiger partial charge in [-0.15, -0.1) is 12.4 Å². The number of halogens is 3. The van der Waals surface area contributed by atoms with E-state index in [2.05, 4.69) is 4.74 Å². The average molecular weight is 310 g/mol. The summed E-state index contributed by atoms with van der Waals surface area (Å²) >= 11 is 0. The van der Waals surface area contributed by atoms with Crippen molar-refractivity contribution in [1.82, 2.24) is 0 Å². The molecule has 0 aromatic heterocycles. The second-order valence-electron chi connectivity index (χ2n) is 4.14. The fourth-order valence-electron chi connectivity index (χ4n) is 1.61. The van der Waals surface area contributed by atoms with Crippen LogP contribution in [0, 0.1) is 0 Å². The van der Waals surface area contributed by atoms with Crippen molar-refractivity contribution in [3.05, 3.63) is 35.9 Å². The molecule has 0 amide bonds. The molecule has 2 unspecified atom stereocenters. The van der Waals surface area contributed by atoms with Crippen LogP contribution in [0.25, 0.3) is 0 Å². The zero-order valence-electron chi connectivity index (χ0n) is 11.0. The molecule has 4 nitrogen and oxygen atoms in total. The van der Waals surface area contributed by atoms with Crippen molar-refractivity contribution in [3.63, 3.8) is 0 Å². The highest BCUT2D eigenvalue weighted by molar-refractivity contribution is 5.85. The number of nitrogens with two attached hydrogens (primary N) is 1. The summed E-state index contributed by atoms with van der Waals surface area (Å²) in [5.74, 6) is -5.77. The van der Waals surface area contributed by atoms with Crippen LogP contribution in [0.3, 0.4) is 0 Å². The summed E-state index contributed by atoms with van der Waals surface area (Å²) in [6.45, 7) is 1.22. The van der Waals surface area contributed by atoms with E-state index in [1.54, 1.807) is 30.3 Å². The molecule has 0 radical (unpaired) electrons. The summed E-state index contributed by atoms with van der Waals surface area (Å²) in [7, 11) is 0. The molecule has 1 rings (SSSR count). The van der Waals surface area contributed by atoms with E-state index in [1.165, 1.54) is 6.92 Å². The summed E-state index contributed by atoms with van der Waals surface area (Å²) < 4.78 is 31.3. The van der Waals surface area contributed by atoms with Gasteiger partial charge in [0.05, 0.1) is 6.61 Å². The fraction of sp³-hybridized carbons (Fsp3) is 0.462. The van der Waals surface area contributed by atoms with Gasteiger partial charge in [0.15, 0.2) is 0 Å². The van der Waals surface area contributed by atoms with Crippen molar-refractivity contribution >= 4 is 18.4 Å². The minimum atomic E-state index is -4.01. The van der Waals surface area contributed by atoms with E-state index < -0.39 is 24.0 Å². The van der Waals surface area contributed by atoms with Gasteiger partial charge in [0.2, 0.25) is 0 Å². The SMILES string of the molecule is CCOC(=O)C(F)(F)C(O)C(N)Cc1ccccc1.Cl. The van der Waals surface area contributed by atoms with E-state index in [-0.39, 0.29) is 25.4 Å². The van der Waals surface area contributed by atoms with Gasteiger partial charge in [-0.05, 0) is 18.9 Å². The highest BCUT2D eigenvalue weighted by atomic mass is 35.5. The number of alkyl halides is 2. The maximum atomic E-state index is 13.5. The molecule has 0 aliphatic rings. The van der Waals surface area contributed by atoms with Crippen LogP contribution in [-0.4, -0.2) is 35.8 Å². The first kappa shape index (κ1) is 18.8. The van der Waals surface area contributed by atoms with Crippen LogP contribution in [0.5, 0.6) is 0 Å². The molecule has 3 N–H and O–H groups in total. The van der Waals surface area contributed by atoms with Crippen LogP contribution in [0.2, 0.25) is 0 Å². The molecule has 2 atom stereocenters. The van der Waals surface area contributed by atoms with Crippen molar-refractivity contribution in [2.24, 2.45) is 5.73 Å². The Balaban J connectivity index is 0.00000361. The number of rotatable bonds is 6. The van der Waals surface area contributed by atoms with Crippen LogP contribution < -0.4 is 5.73 Å². The summed E-state index contributed by atoms with van der Waals surface area (Å²) in [6.07, 6.45) is -2.25. The monoisotopic (exact) mass is 309 g/mol. The minimum absolute atomic E-state index is 0. The van der Waals surface area contributed by atoms with Crippen molar-refractivity contribution in [3.8, 4) is 0 Å². The molecule has 20 heavy (non-hydrogen) atoms. The molecule has 0 spiro atoms. The summed E-state index contributed by atoms with van der Waals surface area (Å²) in [4.78, 5) is 11.1. The van der Waals surface area contributed by atoms with E-state index in [0.717, 1.165) is 0 Å². The molecule has 0 bridgehead atoms. The predicted molar refractivity (Wildman–Crippen MR) is 73.0 cm³/mol. The van der Waals surface area contributed by atoms with Gasteiger partial charge in [0.1, 0.15) is 6.10 Å². The second kappa shape index (κ2) is 8.14. The van der Waals surface area contributed by atoms with Crippen molar-refractivity contribution in [2.45, 2.75) is 31.4 Å². The minimum Gasteiger partial charge on any atom is -0.461 e. The van der Waals surface area contributed by atoms with E-state index >= 15 is 0 Å². The smallest absolute Gasteiger partial charge is 0.379 e. The first-order chi connectivity index (χ1) is 8.89. The Morgan fingerprint density at radius 1 is 1.40 bits per heavy atom. The normalized spacial score (nSPS) is 14.1. The molecule has 7 heteroatoms. The van der Waals surface area contributed by atoms with E-state index in [0.29, 0.717) is 5.56 Å². The maximum Gasteiger partial charge on any atom is 0.379 e. The van der Waals surface area contributed by atoms with Gasteiger partial charge in [-0.1, -0.05) is 30.3 Å². The van der Waals surface area contributed by atoms with Gasteiger partial charge in [0.25, 0.3) is 0 Å². The van der Waals surface area contributed by atoms with Gasteiger partial charge in [-0.25, -0.2) is 4.79 Å². The van der Waals surface area contributed by atoms with Gasteiger partial charge in [-0.3, -0.25) is 0 Å². The van der Waals surface area contributed by atoms with Crippen molar-refractivity contribution in [2.75, 3.05) is 6.61 Å².